The lowest BCUT2D eigenvalue weighted by Crippen LogP contribution is -2.43. The summed E-state index contributed by atoms with van der Waals surface area (Å²) in [4.78, 5) is 23.4. The summed E-state index contributed by atoms with van der Waals surface area (Å²) >= 11 is 0. The summed E-state index contributed by atoms with van der Waals surface area (Å²) in [5, 5.41) is 4.80. The Bertz CT molecular complexity index is 869. The van der Waals surface area contributed by atoms with Crippen molar-refractivity contribution < 1.29 is 4.79 Å². The van der Waals surface area contributed by atoms with Crippen LogP contribution in [0.2, 0.25) is 0 Å². The van der Waals surface area contributed by atoms with Crippen molar-refractivity contribution in [3.05, 3.63) is 36.7 Å². The summed E-state index contributed by atoms with van der Waals surface area (Å²) in [6.45, 7) is 3.21. The molecule has 1 aliphatic carbocycles. The number of aliphatic imine (C=N–C) groups is 1. The zero-order valence-corrected chi connectivity index (χ0v) is 17.0. The quantitative estimate of drug-likeness (QED) is 0.595. The van der Waals surface area contributed by atoms with Crippen molar-refractivity contribution in [2.24, 2.45) is 22.6 Å². The number of piperidine rings is 1. The molecule has 1 saturated carbocycles. The Morgan fingerprint density at radius 2 is 2.03 bits per heavy atom. The number of aromatic nitrogens is 1. The maximum absolute atomic E-state index is 12.5. The number of benzene rings is 1. The lowest BCUT2D eigenvalue weighted by molar-refractivity contribution is 0.157. The predicted molar refractivity (Wildman–Crippen MR) is 118 cm³/mol. The van der Waals surface area contributed by atoms with E-state index in [1.165, 1.54) is 38.6 Å². The SMILES string of the molecule is N/C(=N\C(=O)Nc1cccc2ccncc12)C1CCCN(CC2CCCCC2)C1. The number of amides is 2. The molecule has 3 N–H and O–H groups in total. The summed E-state index contributed by atoms with van der Waals surface area (Å²) < 4.78 is 0. The van der Waals surface area contributed by atoms with Crippen LogP contribution in [0.5, 0.6) is 0 Å². The molecule has 0 spiro atoms. The number of urea groups is 1. The van der Waals surface area contributed by atoms with E-state index in [9.17, 15) is 4.79 Å². The van der Waals surface area contributed by atoms with Crippen LogP contribution in [0.3, 0.4) is 0 Å². The number of nitrogens with one attached hydrogen (secondary N) is 1. The van der Waals surface area contributed by atoms with Crippen molar-refractivity contribution >= 4 is 28.3 Å². The Morgan fingerprint density at radius 3 is 2.90 bits per heavy atom. The number of hydrogen-bond donors (Lipinski definition) is 2. The Balaban J connectivity index is 1.37. The Kier molecular flexibility index (Phi) is 6.39. The van der Waals surface area contributed by atoms with E-state index in [1.807, 2.05) is 24.3 Å². The van der Waals surface area contributed by atoms with E-state index in [-0.39, 0.29) is 5.92 Å². The minimum Gasteiger partial charge on any atom is -0.387 e. The van der Waals surface area contributed by atoms with Crippen LogP contribution in [0, 0.1) is 11.8 Å². The average molecular weight is 394 g/mol. The van der Waals surface area contributed by atoms with Gasteiger partial charge in [0.25, 0.3) is 0 Å². The molecule has 2 aliphatic rings. The number of carbonyl (C=O) groups is 1. The standard InChI is InChI=1S/C23H31N5O/c24-22(19-9-5-13-28(16-19)15-17-6-2-1-3-7-17)27-23(29)26-21-10-4-8-18-11-12-25-14-20(18)21/h4,8,10-12,14,17,19H,1-3,5-7,9,13,15-16H2,(H3,24,26,27,29). The van der Waals surface area contributed by atoms with Gasteiger partial charge in [0.15, 0.2) is 0 Å². The highest BCUT2D eigenvalue weighted by molar-refractivity contribution is 6.05. The second-order valence-electron chi connectivity index (χ2n) is 8.47. The van der Waals surface area contributed by atoms with Crippen molar-refractivity contribution in [3.63, 3.8) is 0 Å². The fourth-order valence-corrected chi connectivity index (χ4v) is 4.77. The molecule has 1 atom stereocenters. The summed E-state index contributed by atoms with van der Waals surface area (Å²) in [6.07, 6.45) is 12.5. The molecule has 1 aliphatic heterocycles. The molecule has 1 saturated heterocycles. The van der Waals surface area contributed by atoms with Gasteiger partial charge in [-0.15, -0.1) is 0 Å². The topological polar surface area (TPSA) is 83.6 Å². The number of rotatable bonds is 4. The molecule has 0 radical (unpaired) electrons. The minimum atomic E-state index is -0.414. The lowest BCUT2D eigenvalue weighted by atomic mass is 9.88. The number of amidine groups is 1. The minimum absolute atomic E-state index is 0.160. The van der Waals surface area contributed by atoms with Crippen LogP contribution in [0.15, 0.2) is 41.7 Å². The van der Waals surface area contributed by atoms with E-state index in [4.69, 9.17) is 5.73 Å². The number of pyridine rings is 1. The van der Waals surface area contributed by atoms with Crippen molar-refractivity contribution in [3.8, 4) is 0 Å². The van der Waals surface area contributed by atoms with Crippen LogP contribution in [-0.2, 0) is 0 Å². The fraction of sp³-hybridized carbons (Fsp3) is 0.522. The zero-order valence-electron chi connectivity index (χ0n) is 17.0. The van der Waals surface area contributed by atoms with Gasteiger partial charge in [-0.25, -0.2) is 4.79 Å². The third-order valence-corrected chi connectivity index (χ3v) is 6.32. The molecule has 0 bridgehead atoms. The van der Waals surface area contributed by atoms with Gasteiger partial charge in [0.05, 0.1) is 5.69 Å². The van der Waals surface area contributed by atoms with E-state index in [0.29, 0.717) is 11.5 Å². The van der Waals surface area contributed by atoms with E-state index >= 15 is 0 Å². The molecule has 6 heteroatoms. The van der Waals surface area contributed by atoms with Crippen LogP contribution < -0.4 is 11.1 Å². The molecule has 4 rings (SSSR count). The molecule has 1 aromatic heterocycles. The van der Waals surface area contributed by atoms with Crippen LogP contribution in [0.25, 0.3) is 10.8 Å². The third-order valence-electron chi connectivity index (χ3n) is 6.32. The molecule has 2 aromatic rings. The van der Waals surface area contributed by atoms with Crippen LogP contribution in [0.1, 0.15) is 44.9 Å². The number of carbonyl (C=O) groups excluding carboxylic acids is 1. The number of nitrogens with two attached hydrogens (primary N) is 1. The number of fused-ring (bicyclic) bond motifs is 1. The van der Waals surface area contributed by atoms with E-state index in [0.717, 1.165) is 42.6 Å². The Hall–Kier alpha value is -2.47. The second-order valence-corrected chi connectivity index (χ2v) is 8.47. The molecule has 6 nitrogen and oxygen atoms in total. The normalized spacial score (nSPS) is 21.9. The van der Waals surface area contributed by atoms with Crippen LogP contribution in [0.4, 0.5) is 10.5 Å². The molecule has 154 valence electrons. The monoisotopic (exact) mass is 393 g/mol. The first kappa shape index (κ1) is 19.8. The Labute approximate surface area is 172 Å². The van der Waals surface area contributed by atoms with Crippen molar-refractivity contribution in [1.82, 2.24) is 9.88 Å². The van der Waals surface area contributed by atoms with Crippen molar-refractivity contribution in [1.29, 1.82) is 0 Å². The molecule has 2 heterocycles. The highest BCUT2D eigenvalue weighted by atomic mass is 16.2. The van der Waals surface area contributed by atoms with Gasteiger partial charge in [-0.3, -0.25) is 4.98 Å². The highest BCUT2D eigenvalue weighted by Gasteiger charge is 2.25. The smallest absolute Gasteiger partial charge is 0.347 e. The fourth-order valence-electron chi connectivity index (χ4n) is 4.77. The summed E-state index contributed by atoms with van der Waals surface area (Å²) in [7, 11) is 0. The van der Waals surface area contributed by atoms with E-state index in [1.54, 1.807) is 12.4 Å². The van der Waals surface area contributed by atoms with Crippen molar-refractivity contribution in [2.45, 2.75) is 44.9 Å². The second kappa shape index (κ2) is 9.35. The molecule has 1 aromatic carbocycles. The van der Waals surface area contributed by atoms with Gasteiger partial charge in [0.2, 0.25) is 0 Å². The first-order valence-electron chi connectivity index (χ1n) is 10.9. The number of anilines is 1. The van der Waals surface area contributed by atoms with Gasteiger partial charge in [-0.05, 0) is 55.7 Å². The number of hydrogen-bond acceptors (Lipinski definition) is 3. The van der Waals surface area contributed by atoms with Gasteiger partial charge in [0, 0.05) is 36.8 Å². The van der Waals surface area contributed by atoms with Gasteiger partial charge in [-0.1, -0.05) is 31.4 Å². The first-order chi connectivity index (χ1) is 14.2. The van der Waals surface area contributed by atoms with Crippen LogP contribution in [-0.4, -0.2) is 41.4 Å². The molecule has 29 heavy (non-hydrogen) atoms. The number of likely N-dealkylation sites (tertiary alicyclic amines) is 1. The van der Waals surface area contributed by atoms with Crippen molar-refractivity contribution in [2.75, 3.05) is 25.0 Å². The largest absolute Gasteiger partial charge is 0.387 e. The van der Waals surface area contributed by atoms with E-state index < -0.39 is 6.03 Å². The zero-order chi connectivity index (χ0) is 20.1. The maximum Gasteiger partial charge on any atom is 0.347 e. The summed E-state index contributed by atoms with van der Waals surface area (Å²) in [6, 6.07) is 7.28. The molecule has 1 unspecified atom stereocenters. The first-order valence-corrected chi connectivity index (χ1v) is 10.9. The average Bonchev–Trinajstić information content (AvgIpc) is 2.75. The molecule has 2 amide bonds. The highest BCUT2D eigenvalue weighted by Crippen LogP contribution is 2.27. The molecule has 2 fully saturated rings. The van der Waals surface area contributed by atoms with Gasteiger partial charge in [-0.2, -0.15) is 4.99 Å². The number of nitrogens with zero attached hydrogens (tertiary/aromatic N) is 3. The molecular weight excluding hydrogens is 362 g/mol. The van der Waals surface area contributed by atoms with Crippen LogP contribution >= 0.6 is 0 Å². The predicted octanol–water partition coefficient (Wildman–Crippen LogP) is 4.42. The Morgan fingerprint density at radius 1 is 1.17 bits per heavy atom. The lowest BCUT2D eigenvalue weighted by Gasteiger charge is -2.35. The summed E-state index contributed by atoms with van der Waals surface area (Å²) in [5.74, 6) is 1.44. The van der Waals surface area contributed by atoms with Gasteiger partial charge < -0.3 is 16.0 Å². The van der Waals surface area contributed by atoms with Gasteiger partial charge in [0.1, 0.15) is 5.84 Å². The van der Waals surface area contributed by atoms with E-state index in [2.05, 4.69) is 20.2 Å². The molecular formula is C23H31N5O. The third kappa shape index (κ3) is 5.12. The van der Waals surface area contributed by atoms with Gasteiger partial charge >= 0.3 is 6.03 Å². The maximum atomic E-state index is 12.5. The summed E-state index contributed by atoms with van der Waals surface area (Å²) in [5.41, 5.74) is 6.97.